The Morgan fingerprint density at radius 3 is 2.35 bits per heavy atom. The fourth-order valence-corrected chi connectivity index (χ4v) is 4.73. The topological polar surface area (TPSA) is 68.5 Å². The van der Waals surface area contributed by atoms with Gasteiger partial charge >= 0.3 is 6.09 Å². The highest BCUT2D eigenvalue weighted by Gasteiger charge is 2.26. The van der Waals surface area contributed by atoms with Crippen molar-refractivity contribution < 1.29 is 19.0 Å². The summed E-state index contributed by atoms with van der Waals surface area (Å²) in [5, 5.41) is 0.478. The van der Waals surface area contributed by atoms with Gasteiger partial charge in [-0.25, -0.2) is 9.78 Å². The number of ether oxygens (including phenoxy) is 3. The predicted molar refractivity (Wildman–Crippen MR) is 136 cm³/mol. The van der Waals surface area contributed by atoms with E-state index in [0.29, 0.717) is 48.4 Å². The number of anilines is 1. The van der Waals surface area contributed by atoms with Crippen LogP contribution in [-0.4, -0.2) is 66.4 Å². The van der Waals surface area contributed by atoms with Gasteiger partial charge in [-0.2, -0.15) is 0 Å². The van der Waals surface area contributed by atoms with E-state index >= 15 is 0 Å². The zero-order chi connectivity index (χ0) is 24.6. The number of piperazine rings is 1. The highest BCUT2D eigenvalue weighted by molar-refractivity contribution is 9.10. The van der Waals surface area contributed by atoms with Crippen LogP contribution in [0.4, 0.5) is 10.5 Å². The first-order valence-electron chi connectivity index (χ1n) is 10.9. The van der Waals surface area contributed by atoms with Gasteiger partial charge < -0.3 is 24.0 Å². The Morgan fingerprint density at radius 2 is 1.74 bits per heavy atom. The molecular weight excluding hydrogens is 524 g/mol. The molecule has 1 amide bonds. The quantitative estimate of drug-likeness (QED) is 0.427. The largest absolute Gasteiger partial charge is 0.496 e. The molecule has 0 spiro atoms. The van der Waals surface area contributed by atoms with Crippen molar-refractivity contribution in [1.29, 1.82) is 0 Å². The molecule has 182 valence electrons. The van der Waals surface area contributed by atoms with E-state index in [1.165, 1.54) is 0 Å². The molecule has 0 unspecified atom stereocenters. The van der Waals surface area contributed by atoms with Gasteiger partial charge in [-0.15, -0.1) is 0 Å². The summed E-state index contributed by atoms with van der Waals surface area (Å²) >= 11 is 10.1. The lowest BCUT2D eigenvalue weighted by Crippen LogP contribution is -2.50. The van der Waals surface area contributed by atoms with E-state index in [1.807, 2.05) is 43.5 Å². The van der Waals surface area contributed by atoms with Crippen molar-refractivity contribution in [3.8, 4) is 22.8 Å². The number of methoxy groups -OCH3 is 2. The van der Waals surface area contributed by atoms with Crippen LogP contribution in [0.5, 0.6) is 11.5 Å². The second-order valence-electron chi connectivity index (χ2n) is 9.01. The van der Waals surface area contributed by atoms with E-state index in [9.17, 15) is 4.79 Å². The zero-order valence-corrected chi connectivity index (χ0v) is 22.2. The molecule has 3 aromatic rings. The second-order valence-corrected chi connectivity index (χ2v) is 10.2. The standard InChI is InChI=1S/C24H28BrClN4O4/c1-24(2,3)34-23(31)29-10-8-28(9-11-29)15-6-7-30-20(12-15)27-21(22(30)25)16-13-17(26)19(33-5)14-18(16)32-4/h6-7,12-14H,8-11H2,1-5H3. The van der Waals surface area contributed by atoms with E-state index in [2.05, 4.69) is 20.8 Å². The van der Waals surface area contributed by atoms with Gasteiger partial charge in [0, 0.05) is 55.8 Å². The van der Waals surface area contributed by atoms with E-state index in [1.54, 1.807) is 31.3 Å². The number of hydrogen-bond donors (Lipinski definition) is 0. The molecule has 0 saturated carbocycles. The van der Waals surface area contributed by atoms with Crippen molar-refractivity contribution in [3.05, 3.63) is 40.1 Å². The van der Waals surface area contributed by atoms with Gasteiger partial charge in [0.25, 0.3) is 0 Å². The molecule has 2 aromatic heterocycles. The molecule has 0 aliphatic carbocycles. The van der Waals surface area contributed by atoms with Crippen LogP contribution in [-0.2, 0) is 4.74 Å². The van der Waals surface area contributed by atoms with E-state index in [0.717, 1.165) is 21.5 Å². The Kier molecular flexibility index (Phi) is 6.87. The van der Waals surface area contributed by atoms with E-state index in [-0.39, 0.29) is 6.09 Å². The van der Waals surface area contributed by atoms with Gasteiger partial charge in [0.2, 0.25) is 0 Å². The van der Waals surface area contributed by atoms with Crippen LogP contribution in [0.25, 0.3) is 16.9 Å². The first kappa shape index (κ1) is 24.5. The van der Waals surface area contributed by atoms with Crippen LogP contribution in [0.15, 0.2) is 35.1 Å². The fraction of sp³-hybridized carbons (Fsp3) is 0.417. The maximum absolute atomic E-state index is 12.4. The minimum Gasteiger partial charge on any atom is -0.496 e. The molecule has 0 atom stereocenters. The van der Waals surface area contributed by atoms with Gasteiger partial charge in [-0.05, 0) is 48.8 Å². The van der Waals surface area contributed by atoms with Gasteiger partial charge in [0.15, 0.2) is 0 Å². The Hall–Kier alpha value is -2.65. The lowest BCUT2D eigenvalue weighted by Gasteiger charge is -2.36. The molecule has 1 aromatic carbocycles. The molecule has 8 nitrogen and oxygen atoms in total. The lowest BCUT2D eigenvalue weighted by molar-refractivity contribution is 0.0240. The Labute approximate surface area is 212 Å². The van der Waals surface area contributed by atoms with Crippen LogP contribution in [0, 0.1) is 0 Å². The number of carbonyl (C=O) groups is 1. The third-order valence-corrected chi connectivity index (χ3v) is 6.63. The Morgan fingerprint density at radius 1 is 1.06 bits per heavy atom. The minimum atomic E-state index is -0.498. The van der Waals surface area contributed by atoms with E-state index in [4.69, 9.17) is 30.8 Å². The third-order valence-electron chi connectivity index (χ3n) is 5.58. The van der Waals surface area contributed by atoms with Crippen molar-refractivity contribution in [2.24, 2.45) is 0 Å². The fourth-order valence-electron chi connectivity index (χ4n) is 3.89. The van der Waals surface area contributed by atoms with Crippen LogP contribution < -0.4 is 14.4 Å². The minimum absolute atomic E-state index is 0.267. The van der Waals surface area contributed by atoms with Crippen LogP contribution in [0.1, 0.15) is 20.8 Å². The highest BCUT2D eigenvalue weighted by Crippen LogP contribution is 2.41. The molecule has 0 radical (unpaired) electrons. The number of hydrogen-bond acceptors (Lipinski definition) is 6. The average molecular weight is 552 g/mol. The smallest absolute Gasteiger partial charge is 0.410 e. The van der Waals surface area contributed by atoms with E-state index < -0.39 is 5.60 Å². The first-order valence-corrected chi connectivity index (χ1v) is 12.1. The average Bonchev–Trinajstić information content (AvgIpc) is 3.13. The summed E-state index contributed by atoms with van der Waals surface area (Å²) in [6, 6.07) is 7.63. The number of amides is 1. The summed E-state index contributed by atoms with van der Waals surface area (Å²) in [7, 11) is 3.17. The molecule has 1 fully saturated rings. The third kappa shape index (κ3) is 4.90. The van der Waals surface area contributed by atoms with Crippen LogP contribution >= 0.6 is 27.5 Å². The Bertz CT molecular complexity index is 1220. The SMILES string of the molecule is COc1cc(OC)c(-c2nc3cc(N4CCN(C(=O)OC(C)(C)C)CC4)ccn3c2Br)cc1Cl. The molecular formula is C24H28BrClN4O4. The number of pyridine rings is 1. The van der Waals surface area contributed by atoms with Gasteiger partial charge in [0.1, 0.15) is 33.0 Å². The first-order chi connectivity index (χ1) is 16.1. The maximum atomic E-state index is 12.4. The van der Waals surface area contributed by atoms with Crippen LogP contribution in [0.2, 0.25) is 5.02 Å². The normalized spacial score (nSPS) is 14.4. The van der Waals surface area contributed by atoms with Crippen molar-refractivity contribution in [1.82, 2.24) is 14.3 Å². The molecule has 1 saturated heterocycles. The molecule has 3 heterocycles. The second kappa shape index (κ2) is 9.54. The summed E-state index contributed by atoms with van der Waals surface area (Å²) in [5.74, 6) is 1.15. The molecule has 34 heavy (non-hydrogen) atoms. The van der Waals surface area contributed by atoms with Crippen molar-refractivity contribution in [3.63, 3.8) is 0 Å². The lowest BCUT2D eigenvalue weighted by atomic mass is 10.1. The summed E-state index contributed by atoms with van der Waals surface area (Å²) in [6.07, 6.45) is 1.71. The monoisotopic (exact) mass is 550 g/mol. The summed E-state index contributed by atoms with van der Waals surface area (Å²) in [6.45, 7) is 8.27. The number of carbonyl (C=O) groups excluding carboxylic acids is 1. The molecule has 10 heteroatoms. The number of benzene rings is 1. The number of fused-ring (bicyclic) bond motifs is 1. The van der Waals surface area contributed by atoms with Crippen molar-refractivity contribution in [2.75, 3.05) is 45.3 Å². The molecule has 1 aliphatic heterocycles. The molecule has 0 bridgehead atoms. The number of imidazole rings is 1. The van der Waals surface area contributed by atoms with Crippen molar-refractivity contribution >= 4 is 45.0 Å². The summed E-state index contributed by atoms with van der Waals surface area (Å²) in [4.78, 5) is 21.2. The van der Waals surface area contributed by atoms with Gasteiger partial charge in [0.05, 0.1) is 19.2 Å². The number of rotatable bonds is 4. The molecule has 0 N–H and O–H groups in total. The number of aromatic nitrogens is 2. The maximum Gasteiger partial charge on any atom is 0.410 e. The Balaban J connectivity index is 1.58. The number of halogens is 2. The van der Waals surface area contributed by atoms with Gasteiger partial charge in [-0.1, -0.05) is 11.6 Å². The van der Waals surface area contributed by atoms with Gasteiger partial charge in [-0.3, -0.25) is 4.40 Å². The van der Waals surface area contributed by atoms with Crippen LogP contribution in [0.3, 0.4) is 0 Å². The summed E-state index contributed by atoms with van der Waals surface area (Å²) in [5.41, 5.74) is 2.80. The highest BCUT2D eigenvalue weighted by atomic mass is 79.9. The molecule has 4 rings (SSSR count). The zero-order valence-electron chi connectivity index (χ0n) is 19.9. The molecule has 1 aliphatic rings. The van der Waals surface area contributed by atoms with Crippen molar-refractivity contribution in [2.45, 2.75) is 26.4 Å². The predicted octanol–water partition coefficient (Wildman–Crippen LogP) is 5.49. The number of nitrogens with zero attached hydrogens (tertiary/aromatic N) is 4. The summed E-state index contributed by atoms with van der Waals surface area (Å²) < 4.78 is 19.1.